The number of rotatable bonds is 6. The van der Waals surface area contributed by atoms with Crippen molar-refractivity contribution in [2.75, 3.05) is 13.6 Å². The quantitative estimate of drug-likeness (QED) is 0.761. The lowest BCUT2D eigenvalue weighted by Gasteiger charge is -2.22. The van der Waals surface area contributed by atoms with Crippen molar-refractivity contribution in [1.82, 2.24) is 10.2 Å². The van der Waals surface area contributed by atoms with Gasteiger partial charge in [-0.25, -0.2) is 9.59 Å². The van der Waals surface area contributed by atoms with Crippen molar-refractivity contribution in [3.63, 3.8) is 0 Å². The van der Waals surface area contributed by atoms with Crippen LogP contribution in [-0.4, -0.2) is 41.6 Å². The molecule has 5 nitrogen and oxygen atoms in total. The lowest BCUT2D eigenvalue weighted by Crippen LogP contribution is -2.47. The lowest BCUT2D eigenvalue weighted by atomic mass is 10.0. The van der Waals surface area contributed by atoms with Gasteiger partial charge in [-0.15, -0.1) is 0 Å². The van der Waals surface area contributed by atoms with Crippen LogP contribution in [0.3, 0.4) is 0 Å². The fourth-order valence-corrected chi connectivity index (χ4v) is 2.04. The first kappa shape index (κ1) is 14.8. The number of carboxylic acid groups (broad SMARTS) is 1. The summed E-state index contributed by atoms with van der Waals surface area (Å²) in [6.07, 6.45) is 1.61. The van der Waals surface area contributed by atoms with Crippen molar-refractivity contribution in [2.45, 2.75) is 39.7 Å². The zero-order chi connectivity index (χ0) is 13.9. The summed E-state index contributed by atoms with van der Waals surface area (Å²) in [7, 11) is 1.72. The molecule has 0 saturated heterocycles. The van der Waals surface area contributed by atoms with Gasteiger partial charge in [0.05, 0.1) is 0 Å². The van der Waals surface area contributed by atoms with Crippen LogP contribution < -0.4 is 5.32 Å². The number of carbonyl (C=O) groups is 2. The van der Waals surface area contributed by atoms with Crippen LogP contribution in [0.25, 0.3) is 0 Å². The van der Waals surface area contributed by atoms with Gasteiger partial charge in [0.15, 0.2) is 0 Å². The average molecular weight is 256 g/mol. The van der Waals surface area contributed by atoms with Crippen LogP contribution >= 0.6 is 0 Å². The summed E-state index contributed by atoms with van der Waals surface area (Å²) in [6.45, 7) is 6.76. The van der Waals surface area contributed by atoms with Crippen LogP contribution in [0.5, 0.6) is 0 Å². The van der Waals surface area contributed by atoms with Crippen molar-refractivity contribution in [3.05, 3.63) is 0 Å². The lowest BCUT2D eigenvalue weighted by molar-refractivity contribution is -0.139. The third kappa shape index (κ3) is 4.55. The minimum atomic E-state index is -0.967. The molecule has 1 fully saturated rings. The van der Waals surface area contributed by atoms with Gasteiger partial charge in [-0.3, -0.25) is 0 Å². The molecule has 0 aromatic rings. The number of carboxylic acids is 1. The fourth-order valence-electron chi connectivity index (χ4n) is 2.04. The average Bonchev–Trinajstić information content (AvgIpc) is 2.92. The molecule has 2 amide bonds. The van der Waals surface area contributed by atoms with E-state index in [-0.39, 0.29) is 11.9 Å². The van der Waals surface area contributed by atoms with Gasteiger partial charge in [-0.1, -0.05) is 20.8 Å². The number of amides is 2. The standard InChI is InChI=1S/C13H24N2O3/c1-8(2)5-11(12(16)17)14-13(18)15(4)7-10-6-9(10)3/h8-11H,5-7H2,1-4H3,(H,14,18)(H,16,17)/t9?,10?,11-/m0/s1. The molecule has 0 spiro atoms. The van der Waals surface area contributed by atoms with E-state index in [2.05, 4.69) is 12.2 Å². The molecule has 0 aliphatic heterocycles. The highest BCUT2D eigenvalue weighted by atomic mass is 16.4. The summed E-state index contributed by atoms with van der Waals surface area (Å²) in [4.78, 5) is 24.5. The number of aliphatic carboxylic acids is 1. The minimum absolute atomic E-state index is 0.236. The Morgan fingerprint density at radius 2 is 2.00 bits per heavy atom. The molecule has 2 unspecified atom stereocenters. The summed E-state index contributed by atoms with van der Waals surface area (Å²) in [5.41, 5.74) is 0. The first-order chi connectivity index (χ1) is 8.31. The van der Waals surface area contributed by atoms with E-state index in [9.17, 15) is 9.59 Å². The first-order valence-corrected chi connectivity index (χ1v) is 6.55. The maximum absolute atomic E-state index is 11.9. The summed E-state index contributed by atoms with van der Waals surface area (Å²) < 4.78 is 0. The molecule has 5 heteroatoms. The van der Waals surface area contributed by atoms with Gasteiger partial charge < -0.3 is 15.3 Å². The molecule has 1 saturated carbocycles. The molecule has 18 heavy (non-hydrogen) atoms. The molecule has 0 aromatic carbocycles. The number of urea groups is 1. The van der Waals surface area contributed by atoms with Gasteiger partial charge in [0.2, 0.25) is 0 Å². The van der Waals surface area contributed by atoms with Crippen molar-refractivity contribution in [1.29, 1.82) is 0 Å². The molecule has 1 aliphatic rings. The second-order valence-corrected chi connectivity index (χ2v) is 5.82. The van der Waals surface area contributed by atoms with E-state index < -0.39 is 12.0 Å². The molecule has 0 heterocycles. The molecule has 1 rings (SSSR count). The Bertz CT molecular complexity index is 317. The van der Waals surface area contributed by atoms with E-state index >= 15 is 0 Å². The fraction of sp³-hybridized carbons (Fsp3) is 0.846. The van der Waals surface area contributed by atoms with Crippen LogP contribution in [0.2, 0.25) is 0 Å². The molecule has 3 atom stereocenters. The van der Waals surface area contributed by atoms with E-state index in [1.165, 1.54) is 0 Å². The molecular formula is C13H24N2O3. The molecule has 0 aromatic heterocycles. The second kappa shape index (κ2) is 6.07. The van der Waals surface area contributed by atoms with Crippen molar-refractivity contribution in [2.24, 2.45) is 17.8 Å². The number of nitrogens with one attached hydrogen (secondary N) is 1. The van der Waals surface area contributed by atoms with E-state index in [1.54, 1.807) is 11.9 Å². The summed E-state index contributed by atoms with van der Waals surface area (Å²) >= 11 is 0. The number of hydrogen-bond acceptors (Lipinski definition) is 2. The van der Waals surface area contributed by atoms with Gasteiger partial charge in [-0.2, -0.15) is 0 Å². The van der Waals surface area contributed by atoms with Gasteiger partial charge in [-0.05, 0) is 30.6 Å². The van der Waals surface area contributed by atoms with Gasteiger partial charge in [0.25, 0.3) is 0 Å². The van der Waals surface area contributed by atoms with Crippen molar-refractivity contribution in [3.8, 4) is 0 Å². The van der Waals surface area contributed by atoms with E-state index in [4.69, 9.17) is 5.11 Å². The SMILES string of the molecule is CC(C)C[C@H](NC(=O)N(C)CC1CC1C)C(=O)O. The topological polar surface area (TPSA) is 69.6 Å². The Morgan fingerprint density at radius 1 is 1.44 bits per heavy atom. The van der Waals surface area contributed by atoms with Crippen LogP contribution in [0.4, 0.5) is 4.79 Å². The van der Waals surface area contributed by atoms with Gasteiger partial charge in [0.1, 0.15) is 6.04 Å². The van der Waals surface area contributed by atoms with E-state index in [0.29, 0.717) is 24.8 Å². The van der Waals surface area contributed by atoms with Crippen molar-refractivity contribution < 1.29 is 14.7 Å². The Hall–Kier alpha value is -1.26. The highest BCUT2D eigenvalue weighted by Gasteiger charge is 2.34. The minimum Gasteiger partial charge on any atom is -0.480 e. The first-order valence-electron chi connectivity index (χ1n) is 6.55. The predicted molar refractivity (Wildman–Crippen MR) is 69.3 cm³/mol. The predicted octanol–water partition coefficient (Wildman–Crippen LogP) is 1.78. The highest BCUT2D eigenvalue weighted by Crippen LogP contribution is 2.37. The second-order valence-electron chi connectivity index (χ2n) is 5.82. The molecular weight excluding hydrogens is 232 g/mol. The zero-order valence-corrected chi connectivity index (χ0v) is 11.6. The van der Waals surface area contributed by atoms with E-state index in [1.807, 2.05) is 13.8 Å². The summed E-state index contributed by atoms with van der Waals surface area (Å²) in [5, 5.41) is 11.6. The van der Waals surface area contributed by atoms with E-state index in [0.717, 1.165) is 6.42 Å². The van der Waals surface area contributed by atoms with Crippen LogP contribution in [-0.2, 0) is 4.79 Å². The monoisotopic (exact) mass is 256 g/mol. The number of hydrogen-bond donors (Lipinski definition) is 2. The molecule has 104 valence electrons. The van der Waals surface area contributed by atoms with Crippen LogP contribution in [0.1, 0.15) is 33.6 Å². The third-order valence-electron chi connectivity index (χ3n) is 3.43. The molecule has 0 radical (unpaired) electrons. The molecule has 1 aliphatic carbocycles. The maximum atomic E-state index is 11.9. The maximum Gasteiger partial charge on any atom is 0.326 e. The number of nitrogens with zero attached hydrogens (tertiary/aromatic N) is 1. The Labute approximate surface area is 109 Å². The summed E-state index contributed by atoms with van der Waals surface area (Å²) in [6, 6.07) is -1.08. The van der Waals surface area contributed by atoms with Gasteiger partial charge in [0, 0.05) is 13.6 Å². The number of carbonyl (C=O) groups excluding carboxylic acids is 1. The molecule has 0 bridgehead atoms. The van der Waals surface area contributed by atoms with Crippen molar-refractivity contribution >= 4 is 12.0 Å². The Balaban J connectivity index is 2.41. The van der Waals surface area contributed by atoms with Gasteiger partial charge >= 0.3 is 12.0 Å². The summed E-state index contributed by atoms with van der Waals surface area (Å²) in [5.74, 6) is 0.533. The van der Waals surface area contributed by atoms with Crippen LogP contribution in [0, 0.1) is 17.8 Å². The third-order valence-corrected chi connectivity index (χ3v) is 3.43. The highest BCUT2D eigenvalue weighted by molar-refractivity contribution is 5.82. The zero-order valence-electron chi connectivity index (χ0n) is 11.6. The molecule has 2 N–H and O–H groups in total. The largest absolute Gasteiger partial charge is 0.480 e. The Morgan fingerprint density at radius 3 is 2.39 bits per heavy atom. The smallest absolute Gasteiger partial charge is 0.326 e. The normalized spacial score (nSPS) is 23.6. The Kier molecular flexibility index (Phi) is 4.99. The van der Waals surface area contributed by atoms with Crippen LogP contribution in [0.15, 0.2) is 0 Å².